The summed E-state index contributed by atoms with van der Waals surface area (Å²) in [4.78, 5) is 21.4. The number of β-lactam (4-membered cyclic amide) rings is 1. The molecule has 1 amide bonds. The number of carbonyl (C=O) groups is 2. The number of nitrogens with two attached hydrogens (primary N) is 1. The quantitative estimate of drug-likeness (QED) is 0.311. The van der Waals surface area contributed by atoms with Gasteiger partial charge >= 0.3 is 16.3 Å². The van der Waals surface area contributed by atoms with E-state index in [2.05, 4.69) is 4.74 Å². The van der Waals surface area contributed by atoms with Crippen LogP contribution in [0.1, 0.15) is 6.92 Å². The molecule has 0 aromatic rings. The Kier molecular flexibility index (Phi) is 2.48. The van der Waals surface area contributed by atoms with Crippen molar-refractivity contribution in [1.29, 1.82) is 0 Å². The third-order valence-corrected chi connectivity index (χ3v) is 2.46. The summed E-state index contributed by atoms with van der Waals surface area (Å²) in [7, 11) is -4.72. The molecule has 1 aliphatic rings. The molecule has 0 aromatic carbocycles. The summed E-state index contributed by atoms with van der Waals surface area (Å²) in [5.41, 5.74) is 5.16. The van der Waals surface area contributed by atoms with Gasteiger partial charge in [-0.3, -0.25) is 14.1 Å². The Morgan fingerprint density at radius 3 is 2.50 bits per heavy atom. The Balaban J connectivity index is 2.86. The van der Waals surface area contributed by atoms with E-state index in [0.29, 0.717) is 0 Å². The van der Waals surface area contributed by atoms with E-state index in [4.69, 9.17) is 10.3 Å². The van der Waals surface area contributed by atoms with E-state index in [1.165, 1.54) is 0 Å². The molecular weight excluding hydrogens is 216 g/mol. The normalized spacial score (nSPS) is 27.1. The summed E-state index contributed by atoms with van der Waals surface area (Å²) in [5, 5.41) is 0. The molecule has 0 aliphatic carbocycles. The molecule has 0 bridgehead atoms. The zero-order valence-corrected chi connectivity index (χ0v) is 7.89. The largest absolute Gasteiger partial charge is 0.438 e. The van der Waals surface area contributed by atoms with Crippen LogP contribution in [-0.2, 0) is 24.6 Å². The van der Waals surface area contributed by atoms with Crippen LogP contribution in [0, 0.1) is 0 Å². The van der Waals surface area contributed by atoms with Gasteiger partial charge in [0, 0.05) is 6.92 Å². The highest BCUT2D eigenvalue weighted by atomic mass is 32.2. The van der Waals surface area contributed by atoms with Crippen LogP contribution in [-0.4, -0.2) is 41.4 Å². The minimum atomic E-state index is -4.72. The van der Waals surface area contributed by atoms with Crippen molar-refractivity contribution in [3.05, 3.63) is 0 Å². The van der Waals surface area contributed by atoms with Crippen molar-refractivity contribution < 1.29 is 27.3 Å². The molecule has 0 saturated carbocycles. The predicted molar refractivity (Wildman–Crippen MR) is 41.9 cm³/mol. The lowest BCUT2D eigenvalue weighted by Crippen LogP contribution is -2.71. The van der Waals surface area contributed by atoms with Gasteiger partial charge in [0.2, 0.25) is 6.23 Å². The van der Waals surface area contributed by atoms with Gasteiger partial charge < -0.3 is 10.5 Å². The first-order valence-corrected chi connectivity index (χ1v) is 4.88. The lowest BCUT2D eigenvalue weighted by atomic mass is 10.1. The highest BCUT2D eigenvalue weighted by Gasteiger charge is 2.53. The molecule has 0 radical (unpaired) electrons. The molecule has 1 heterocycles. The van der Waals surface area contributed by atoms with Gasteiger partial charge in [-0.25, -0.2) is 0 Å². The Morgan fingerprint density at radius 1 is 1.64 bits per heavy atom. The van der Waals surface area contributed by atoms with E-state index in [0.717, 1.165) is 6.92 Å². The molecule has 0 aromatic heterocycles. The molecule has 1 fully saturated rings. The molecule has 1 aliphatic heterocycles. The fourth-order valence-electron chi connectivity index (χ4n) is 0.994. The molecule has 80 valence electrons. The number of esters is 1. The molecule has 2 atom stereocenters. The SMILES string of the molecule is CC(=O)O[C@H]1[C@H](N)C(=O)N1S(=O)(=O)O. The van der Waals surface area contributed by atoms with Gasteiger partial charge in [0.25, 0.3) is 5.91 Å². The number of hydrogen-bond donors (Lipinski definition) is 2. The van der Waals surface area contributed by atoms with Crippen LogP contribution in [0.5, 0.6) is 0 Å². The molecule has 1 saturated heterocycles. The van der Waals surface area contributed by atoms with Crippen LogP contribution in [0.4, 0.5) is 0 Å². The third kappa shape index (κ3) is 1.69. The molecule has 1 rings (SSSR count). The number of rotatable bonds is 2. The van der Waals surface area contributed by atoms with Gasteiger partial charge in [-0.2, -0.15) is 12.7 Å². The molecule has 9 heteroatoms. The zero-order chi connectivity index (χ0) is 11.1. The highest BCUT2D eigenvalue weighted by molar-refractivity contribution is 7.84. The van der Waals surface area contributed by atoms with Crippen LogP contribution in [0.3, 0.4) is 0 Å². The van der Waals surface area contributed by atoms with Crippen LogP contribution in [0.2, 0.25) is 0 Å². The first-order valence-electron chi connectivity index (χ1n) is 3.48. The van der Waals surface area contributed by atoms with Crippen LogP contribution >= 0.6 is 0 Å². The average molecular weight is 224 g/mol. The Labute approximate surface area is 79.5 Å². The summed E-state index contributed by atoms with van der Waals surface area (Å²) in [6, 6.07) is -1.25. The maximum absolute atomic E-state index is 10.9. The van der Waals surface area contributed by atoms with Crippen molar-refractivity contribution in [2.45, 2.75) is 19.2 Å². The van der Waals surface area contributed by atoms with E-state index in [1.807, 2.05) is 0 Å². The van der Waals surface area contributed by atoms with E-state index >= 15 is 0 Å². The second-order valence-corrected chi connectivity index (χ2v) is 3.93. The fraction of sp³-hybridized carbons (Fsp3) is 0.600. The minimum absolute atomic E-state index is 0.0130. The Morgan fingerprint density at radius 2 is 2.14 bits per heavy atom. The number of ether oxygens (including phenoxy) is 1. The number of hydrogen-bond acceptors (Lipinski definition) is 6. The van der Waals surface area contributed by atoms with Crippen LogP contribution < -0.4 is 5.73 Å². The van der Waals surface area contributed by atoms with Gasteiger partial charge in [0.15, 0.2) is 0 Å². The van der Waals surface area contributed by atoms with Crippen molar-refractivity contribution in [2.75, 3.05) is 0 Å². The maximum Gasteiger partial charge on any atom is 0.365 e. The topological polar surface area (TPSA) is 127 Å². The second-order valence-electron chi connectivity index (χ2n) is 2.64. The standard InChI is InChI=1S/C5H8N2O6S/c1-2(8)13-5-3(6)4(9)7(5)14(10,11)12/h3,5H,6H2,1H3,(H,10,11,12)/t3-,5+/m1/s1. The van der Waals surface area contributed by atoms with Gasteiger partial charge in [-0.1, -0.05) is 0 Å². The Bertz CT molecular complexity index is 376. The first kappa shape index (κ1) is 10.9. The minimum Gasteiger partial charge on any atom is -0.438 e. The van der Waals surface area contributed by atoms with Crippen LogP contribution in [0.25, 0.3) is 0 Å². The third-order valence-electron chi connectivity index (χ3n) is 1.58. The van der Waals surface area contributed by atoms with Crippen molar-refractivity contribution in [3.8, 4) is 0 Å². The van der Waals surface area contributed by atoms with Gasteiger partial charge in [-0.15, -0.1) is 0 Å². The van der Waals surface area contributed by atoms with Crippen molar-refractivity contribution in [2.24, 2.45) is 5.73 Å². The summed E-state index contributed by atoms with van der Waals surface area (Å²) in [5.74, 6) is -1.81. The van der Waals surface area contributed by atoms with E-state index < -0.39 is 34.5 Å². The molecule has 0 unspecified atom stereocenters. The molecule has 3 N–H and O–H groups in total. The van der Waals surface area contributed by atoms with Gasteiger partial charge in [0.1, 0.15) is 6.04 Å². The number of amides is 1. The first-order chi connectivity index (χ1) is 6.25. The maximum atomic E-state index is 10.9. The number of nitrogens with zero attached hydrogens (tertiary/aromatic N) is 1. The second kappa shape index (κ2) is 3.19. The predicted octanol–water partition coefficient (Wildman–Crippen LogP) is -2.15. The zero-order valence-electron chi connectivity index (χ0n) is 7.08. The molecular formula is C5H8N2O6S. The molecule has 8 nitrogen and oxygen atoms in total. The van der Waals surface area contributed by atoms with Crippen molar-refractivity contribution in [3.63, 3.8) is 0 Å². The smallest absolute Gasteiger partial charge is 0.365 e. The van der Waals surface area contributed by atoms with Crippen LogP contribution in [0.15, 0.2) is 0 Å². The molecule has 14 heavy (non-hydrogen) atoms. The summed E-state index contributed by atoms with van der Waals surface area (Å²) >= 11 is 0. The molecule has 0 spiro atoms. The highest BCUT2D eigenvalue weighted by Crippen LogP contribution is 2.22. The summed E-state index contributed by atoms with van der Waals surface area (Å²) < 4.78 is 34.1. The summed E-state index contributed by atoms with van der Waals surface area (Å²) in [6.07, 6.45) is -1.45. The van der Waals surface area contributed by atoms with Crippen molar-refractivity contribution >= 4 is 22.2 Å². The van der Waals surface area contributed by atoms with Gasteiger partial charge in [0.05, 0.1) is 0 Å². The monoisotopic (exact) mass is 224 g/mol. The lowest BCUT2D eigenvalue weighted by molar-refractivity contribution is -0.175. The van der Waals surface area contributed by atoms with Gasteiger partial charge in [-0.05, 0) is 0 Å². The summed E-state index contributed by atoms with van der Waals surface area (Å²) in [6.45, 7) is 1.03. The lowest BCUT2D eigenvalue weighted by Gasteiger charge is -2.40. The van der Waals surface area contributed by atoms with E-state index in [-0.39, 0.29) is 4.31 Å². The van der Waals surface area contributed by atoms with E-state index in [9.17, 15) is 18.0 Å². The Hall–Kier alpha value is -1.19. The fourth-order valence-corrected chi connectivity index (χ4v) is 1.78. The van der Waals surface area contributed by atoms with E-state index in [1.54, 1.807) is 0 Å². The van der Waals surface area contributed by atoms with Crippen molar-refractivity contribution in [1.82, 2.24) is 4.31 Å². The average Bonchev–Trinajstić information content (AvgIpc) is 1.99. The number of carbonyl (C=O) groups excluding carboxylic acids is 2.